The normalized spacial score (nSPS) is 20.2. The SMILES string of the molecule is O=C(CCCCN1CCC(F)CC1=O)c1ccc2c(c1)sc1nc(-c3ccc([C@@H]4CCCN4)cc3F)cn12. The number of hydrogen-bond donors (Lipinski definition) is 1. The fourth-order valence-electron chi connectivity index (χ4n) is 5.54. The second kappa shape index (κ2) is 10.5. The molecule has 38 heavy (non-hydrogen) atoms. The first kappa shape index (κ1) is 25.1. The Kier molecular flexibility index (Phi) is 6.97. The Morgan fingerprint density at radius 1 is 1.16 bits per heavy atom. The molecule has 2 fully saturated rings. The number of carbonyl (C=O) groups is 2. The molecule has 4 heterocycles. The number of carbonyl (C=O) groups excluding carboxylic acids is 2. The van der Waals surface area contributed by atoms with E-state index in [1.54, 1.807) is 11.0 Å². The maximum Gasteiger partial charge on any atom is 0.225 e. The summed E-state index contributed by atoms with van der Waals surface area (Å²) in [5, 5.41) is 3.41. The molecule has 198 valence electrons. The molecule has 1 amide bonds. The van der Waals surface area contributed by atoms with E-state index in [1.807, 2.05) is 40.9 Å². The van der Waals surface area contributed by atoms with Crippen LogP contribution in [0.15, 0.2) is 42.6 Å². The number of amides is 1. The Balaban J connectivity index is 1.12. The Hall–Kier alpha value is -3.17. The van der Waals surface area contributed by atoms with E-state index in [0.717, 1.165) is 46.5 Å². The number of rotatable bonds is 8. The minimum Gasteiger partial charge on any atom is -0.343 e. The predicted octanol–water partition coefficient (Wildman–Crippen LogP) is 6.09. The van der Waals surface area contributed by atoms with Crippen molar-refractivity contribution in [2.24, 2.45) is 0 Å². The van der Waals surface area contributed by atoms with Gasteiger partial charge in [-0.3, -0.25) is 14.0 Å². The number of piperidine rings is 1. The number of benzene rings is 2. The molecule has 0 radical (unpaired) electrons. The number of fused-ring (bicyclic) bond motifs is 3. The molecular weight excluding hydrogens is 506 g/mol. The quantitative estimate of drug-likeness (QED) is 0.219. The molecule has 2 aliphatic heterocycles. The van der Waals surface area contributed by atoms with Gasteiger partial charge in [0, 0.05) is 42.9 Å². The third kappa shape index (κ3) is 4.97. The van der Waals surface area contributed by atoms with E-state index in [1.165, 1.54) is 11.3 Å². The number of ketones is 1. The summed E-state index contributed by atoms with van der Waals surface area (Å²) < 4.78 is 31.2. The highest BCUT2D eigenvalue weighted by molar-refractivity contribution is 7.23. The standard InChI is InChI=1S/C29H30F2N4O2S/c30-20-10-13-34(28(37)16-20)12-2-1-5-26(36)19-7-9-25-27(15-19)38-29-33-24(17-35(25)29)21-8-6-18(14-22(21)31)23-4-3-11-32-23/h6-9,14-15,17,20,23,32H,1-5,10-13,16H2/t20?,23-/m0/s1. The van der Waals surface area contributed by atoms with Crippen LogP contribution in [0.5, 0.6) is 0 Å². The van der Waals surface area contributed by atoms with Crippen LogP contribution in [0.25, 0.3) is 26.4 Å². The zero-order valence-corrected chi connectivity index (χ0v) is 21.9. The van der Waals surface area contributed by atoms with Crippen molar-refractivity contribution < 1.29 is 18.4 Å². The van der Waals surface area contributed by atoms with Gasteiger partial charge in [0.05, 0.1) is 22.3 Å². The van der Waals surface area contributed by atoms with Gasteiger partial charge in [0.25, 0.3) is 0 Å². The van der Waals surface area contributed by atoms with Gasteiger partial charge in [-0.05, 0) is 74.5 Å². The number of nitrogens with one attached hydrogen (secondary N) is 1. The lowest BCUT2D eigenvalue weighted by Crippen LogP contribution is -2.40. The first-order valence-corrected chi connectivity index (χ1v) is 14.2. The van der Waals surface area contributed by atoms with Crippen LogP contribution < -0.4 is 5.32 Å². The summed E-state index contributed by atoms with van der Waals surface area (Å²) in [5.41, 5.74) is 3.64. The molecule has 6 nitrogen and oxygen atoms in total. The molecule has 2 atom stereocenters. The van der Waals surface area contributed by atoms with Crippen LogP contribution in [-0.2, 0) is 4.79 Å². The fourth-order valence-corrected chi connectivity index (χ4v) is 6.59. The summed E-state index contributed by atoms with van der Waals surface area (Å²) in [5.74, 6) is -0.339. The summed E-state index contributed by atoms with van der Waals surface area (Å²) in [4.78, 5) is 31.8. The molecule has 2 aromatic heterocycles. The van der Waals surface area contributed by atoms with E-state index in [9.17, 15) is 14.0 Å². The van der Waals surface area contributed by atoms with Crippen molar-refractivity contribution in [3.05, 3.63) is 59.5 Å². The van der Waals surface area contributed by atoms with E-state index in [0.29, 0.717) is 49.2 Å². The summed E-state index contributed by atoms with van der Waals surface area (Å²) in [6.45, 7) is 2.00. The molecular formula is C29H30F2N4O2S. The monoisotopic (exact) mass is 536 g/mol. The lowest BCUT2D eigenvalue weighted by Gasteiger charge is -2.28. The smallest absolute Gasteiger partial charge is 0.225 e. The molecule has 0 saturated carbocycles. The summed E-state index contributed by atoms with van der Waals surface area (Å²) in [6.07, 6.45) is 5.14. The maximum atomic E-state index is 15.0. The number of imidazole rings is 1. The number of nitrogens with zero attached hydrogens (tertiary/aromatic N) is 3. The average molecular weight is 537 g/mol. The summed E-state index contributed by atoms with van der Waals surface area (Å²) in [6, 6.07) is 11.3. The van der Waals surface area contributed by atoms with Gasteiger partial charge < -0.3 is 10.2 Å². The van der Waals surface area contributed by atoms with Gasteiger partial charge in [-0.25, -0.2) is 13.8 Å². The number of halogens is 2. The molecule has 1 N–H and O–H groups in total. The zero-order valence-electron chi connectivity index (χ0n) is 21.1. The van der Waals surface area contributed by atoms with Gasteiger partial charge >= 0.3 is 0 Å². The number of likely N-dealkylation sites (tertiary alicyclic amines) is 1. The molecule has 0 aliphatic carbocycles. The average Bonchev–Trinajstić information content (AvgIpc) is 3.64. The van der Waals surface area contributed by atoms with Crippen LogP contribution in [0.3, 0.4) is 0 Å². The van der Waals surface area contributed by atoms with Crippen LogP contribution >= 0.6 is 11.3 Å². The Morgan fingerprint density at radius 2 is 2.05 bits per heavy atom. The molecule has 9 heteroatoms. The van der Waals surface area contributed by atoms with E-state index in [-0.39, 0.29) is 30.0 Å². The van der Waals surface area contributed by atoms with Crippen molar-refractivity contribution in [3.63, 3.8) is 0 Å². The van der Waals surface area contributed by atoms with Crippen molar-refractivity contribution in [1.29, 1.82) is 0 Å². The van der Waals surface area contributed by atoms with Crippen LogP contribution in [0.2, 0.25) is 0 Å². The van der Waals surface area contributed by atoms with Crippen LogP contribution in [0.1, 0.15) is 66.9 Å². The maximum absolute atomic E-state index is 15.0. The number of thiazole rings is 1. The number of aromatic nitrogens is 2. The summed E-state index contributed by atoms with van der Waals surface area (Å²) >= 11 is 1.48. The second-order valence-electron chi connectivity index (χ2n) is 10.3. The molecule has 4 aromatic rings. The van der Waals surface area contributed by atoms with Crippen LogP contribution in [-0.4, -0.2) is 51.8 Å². The van der Waals surface area contributed by atoms with Gasteiger partial charge in [0.15, 0.2) is 10.7 Å². The van der Waals surface area contributed by atoms with Gasteiger partial charge in [0.2, 0.25) is 5.91 Å². The minimum atomic E-state index is -1.02. The molecule has 2 aromatic carbocycles. The summed E-state index contributed by atoms with van der Waals surface area (Å²) in [7, 11) is 0. The van der Waals surface area contributed by atoms with E-state index < -0.39 is 6.17 Å². The number of Topliss-reactive ketones (excluding diaryl/α,β-unsaturated/α-hetero) is 1. The van der Waals surface area contributed by atoms with Crippen LogP contribution in [0, 0.1) is 5.82 Å². The predicted molar refractivity (Wildman–Crippen MR) is 145 cm³/mol. The van der Waals surface area contributed by atoms with E-state index >= 15 is 4.39 Å². The topological polar surface area (TPSA) is 66.7 Å². The lowest BCUT2D eigenvalue weighted by atomic mass is 10.0. The van der Waals surface area contributed by atoms with Gasteiger partial charge in [0.1, 0.15) is 12.0 Å². The van der Waals surface area contributed by atoms with Gasteiger partial charge in [-0.2, -0.15) is 0 Å². The fraction of sp³-hybridized carbons (Fsp3) is 0.414. The molecule has 0 bridgehead atoms. The minimum absolute atomic E-state index is 0.0237. The lowest BCUT2D eigenvalue weighted by molar-refractivity contribution is -0.135. The number of unbranched alkanes of at least 4 members (excludes halogenated alkanes) is 1. The third-order valence-electron chi connectivity index (χ3n) is 7.69. The van der Waals surface area contributed by atoms with Gasteiger partial charge in [-0.15, -0.1) is 0 Å². The molecule has 2 aliphatic rings. The van der Waals surface area contributed by atoms with Crippen molar-refractivity contribution in [3.8, 4) is 11.3 Å². The molecule has 6 rings (SSSR count). The molecule has 1 unspecified atom stereocenters. The largest absolute Gasteiger partial charge is 0.343 e. The van der Waals surface area contributed by atoms with Crippen molar-refractivity contribution >= 4 is 38.2 Å². The Morgan fingerprint density at radius 3 is 2.84 bits per heavy atom. The van der Waals surface area contributed by atoms with Crippen molar-refractivity contribution in [2.75, 3.05) is 19.6 Å². The molecule has 0 spiro atoms. The number of hydrogen-bond acceptors (Lipinski definition) is 5. The first-order chi connectivity index (χ1) is 18.5. The van der Waals surface area contributed by atoms with Crippen LogP contribution in [0.4, 0.5) is 8.78 Å². The van der Waals surface area contributed by atoms with Gasteiger partial charge in [-0.1, -0.05) is 17.4 Å². The third-order valence-corrected chi connectivity index (χ3v) is 8.71. The Labute approximate surface area is 223 Å². The van der Waals surface area contributed by atoms with Crippen molar-refractivity contribution in [1.82, 2.24) is 19.6 Å². The molecule has 2 saturated heterocycles. The first-order valence-electron chi connectivity index (χ1n) is 13.4. The van der Waals surface area contributed by atoms with E-state index in [2.05, 4.69) is 10.3 Å². The van der Waals surface area contributed by atoms with E-state index in [4.69, 9.17) is 0 Å². The number of alkyl halides is 1. The zero-order chi connectivity index (χ0) is 26.2. The van der Waals surface area contributed by atoms with Crippen molar-refractivity contribution in [2.45, 2.75) is 57.2 Å². The highest BCUT2D eigenvalue weighted by Crippen LogP contribution is 2.33. The highest BCUT2D eigenvalue weighted by Gasteiger charge is 2.25. The Bertz CT molecular complexity index is 1510. The highest BCUT2D eigenvalue weighted by atomic mass is 32.1. The second-order valence-corrected chi connectivity index (χ2v) is 11.3.